The van der Waals surface area contributed by atoms with Crippen molar-refractivity contribution < 1.29 is 22.7 Å². The van der Waals surface area contributed by atoms with Crippen molar-refractivity contribution in [3.05, 3.63) is 60.2 Å². The van der Waals surface area contributed by atoms with Crippen LogP contribution in [0.4, 0.5) is 0 Å². The number of piperazine rings is 1. The highest BCUT2D eigenvalue weighted by Gasteiger charge is 2.29. The standard InChI is InChI=1S/C20H24N2O5S/c1-26-18-9-5-6-10-19(18)27-15-20(23)21-11-13-22(14-12-21)28(24,25)16-17-7-3-2-4-8-17/h2-10H,11-16H2,1H3. The summed E-state index contributed by atoms with van der Waals surface area (Å²) in [5.41, 5.74) is 0.756. The lowest BCUT2D eigenvalue weighted by molar-refractivity contribution is -0.134. The first-order valence-electron chi connectivity index (χ1n) is 9.05. The summed E-state index contributed by atoms with van der Waals surface area (Å²) in [6.07, 6.45) is 0. The molecule has 0 spiro atoms. The van der Waals surface area contributed by atoms with Crippen molar-refractivity contribution in [3.8, 4) is 11.5 Å². The van der Waals surface area contributed by atoms with Crippen molar-refractivity contribution in [2.45, 2.75) is 5.75 Å². The zero-order valence-electron chi connectivity index (χ0n) is 15.8. The Morgan fingerprint density at radius 2 is 1.54 bits per heavy atom. The predicted octanol–water partition coefficient (Wildman–Crippen LogP) is 1.75. The number of rotatable bonds is 7. The number of carbonyl (C=O) groups is 1. The number of carbonyl (C=O) groups excluding carboxylic acids is 1. The first-order valence-corrected chi connectivity index (χ1v) is 10.7. The number of benzene rings is 2. The van der Waals surface area contributed by atoms with Crippen molar-refractivity contribution >= 4 is 15.9 Å². The summed E-state index contributed by atoms with van der Waals surface area (Å²) >= 11 is 0. The molecule has 1 amide bonds. The van der Waals surface area contributed by atoms with Gasteiger partial charge in [0.1, 0.15) is 0 Å². The summed E-state index contributed by atoms with van der Waals surface area (Å²) in [7, 11) is -1.86. The molecular weight excluding hydrogens is 380 g/mol. The second kappa shape index (κ2) is 9.07. The third kappa shape index (κ3) is 5.02. The number of hydrogen-bond donors (Lipinski definition) is 0. The van der Waals surface area contributed by atoms with Crippen LogP contribution in [-0.4, -0.2) is 63.4 Å². The number of nitrogens with zero attached hydrogens (tertiary/aromatic N) is 2. The molecule has 3 rings (SSSR count). The maximum Gasteiger partial charge on any atom is 0.260 e. The van der Waals surface area contributed by atoms with Crippen molar-refractivity contribution in [1.82, 2.24) is 9.21 Å². The van der Waals surface area contributed by atoms with Crippen LogP contribution in [0.1, 0.15) is 5.56 Å². The van der Waals surface area contributed by atoms with Gasteiger partial charge in [-0.25, -0.2) is 8.42 Å². The highest BCUT2D eigenvalue weighted by atomic mass is 32.2. The van der Waals surface area contributed by atoms with Gasteiger partial charge in [-0.05, 0) is 17.7 Å². The normalized spacial score (nSPS) is 15.2. The molecule has 2 aromatic carbocycles. The minimum atomic E-state index is -3.40. The summed E-state index contributed by atoms with van der Waals surface area (Å²) in [6, 6.07) is 16.2. The quantitative estimate of drug-likeness (QED) is 0.703. The van der Waals surface area contributed by atoms with Crippen molar-refractivity contribution in [3.63, 3.8) is 0 Å². The molecule has 1 aliphatic rings. The van der Waals surface area contributed by atoms with Gasteiger partial charge in [-0.2, -0.15) is 4.31 Å². The Hall–Kier alpha value is -2.58. The zero-order valence-corrected chi connectivity index (χ0v) is 16.6. The average Bonchev–Trinajstić information content (AvgIpc) is 2.72. The molecule has 0 saturated carbocycles. The molecule has 1 heterocycles. The Bertz CT molecular complexity index is 894. The third-order valence-corrected chi connectivity index (χ3v) is 6.45. The Kier molecular flexibility index (Phi) is 6.53. The largest absolute Gasteiger partial charge is 0.493 e. The van der Waals surface area contributed by atoms with Crippen LogP contribution in [0.5, 0.6) is 11.5 Å². The highest BCUT2D eigenvalue weighted by molar-refractivity contribution is 7.88. The van der Waals surface area contributed by atoms with E-state index in [-0.39, 0.29) is 31.4 Å². The first-order chi connectivity index (χ1) is 13.5. The smallest absolute Gasteiger partial charge is 0.260 e. The topological polar surface area (TPSA) is 76.2 Å². The molecular formula is C20H24N2O5S. The number of para-hydroxylation sites is 2. The molecule has 0 bridgehead atoms. The van der Waals surface area contributed by atoms with Crippen molar-refractivity contribution in [2.75, 3.05) is 39.9 Å². The van der Waals surface area contributed by atoms with Gasteiger partial charge < -0.3 is 14.4 Å². The lowest BCUT2D eigenvalue weighted by Crippen LogP contribution is -2.51. The van der Waals surface area contributed by atoms with E-state index in [0.717, 1.165) is 5.56 Å². The number of sulfonamides is 1. The molecule has 150 valence electrons. The van der Waals surface area contributed by atoms with Gasteiger partial charge in [0, 0.05) is 26.2 Å². The Morgan fingerprint density at radius 3 is 2.18 bits per heavy atom. The Labute approximate surface area is 165 Å². The van der Waals surface area contributed by atoms with E-state index in [1.54, 1.807) is 42.3 Å². The first kappa shape index (κ1) is 20.2. The van der Waals surface area contributed by atoms with E-state index in [9.17, 15) is 13.2 Å². The number of ether oxygens (including phenoxy) is 2. The lowest BCUT2D eigenvalue weighted by atomic mass is 10.2. The fourth-order valence-corrected chi connectivity index (χ4v) is 4.58. The molecule has 8 heteroatoms. The molecule has 0 N–H and O–H groups in total. The highest BCUT2D eigenvalue weighted by Crippen LogP contribution is 2.25. The van der Waals surface area contributed by atoms with E-state index in [4.69, 9.17) is 9.47 Å². The van der Waals surface area contributed by atoms with Crippen molar-refractivity contribution in [2.24, 2.45) is 0 Å². The molecule has 1 saturated heterocycles. The van der Waals surface area contributed by atoms with Crippen LogP contribution in [0.15, 0.2) is 54.6 Å². The molecule has 0 radical (unpaired) electrons. The van der Waals surface area contributed by atoms with Crippen LogP contribution in [0.2, 0.25) is 0 Å². The predicted molar refractivity (Wildman–Crippen MR) is 106 cm³/mol. The SMILES string of the molecule is COc1ccccc1OCC(=O)N1CCN(S(=O)(=O)Cc2ccccc2)CC1. The van der Waals surface area contributed by atoms with E-state index < -0.39 is 10.0 Å². The molecule has 1 fully saturated rings. The number of methoxy groups -OCH3 is 1. The molecule has 2 aromatic rings. The second-order valence-electron chi connectivity index (χ2n) is 6.46. The molecule has 1 aliphatic heterocycles. The summed E-state index contributed by atoms with van der Waals surface area (Å²) in [5.74, 6) is 0.860. The van der Waals surface area contributed by atoms with E-state index in [0.29, 0.717) is 24.6 Å². The molecule has 28 heavy (non-hydrogen) atoms. The van der Waals surface area contributed by atoms with Gasteiger partial charge in [0.15, 0.2) is 18.1 Å². The average molecular weight is 404 g/mol. The fraction of sp³-hybridized carbons (Fsp3) is 0.350. The van der Waals surface area contributed by atoms with E-state index >= 15 is 0 Å². The molecule has 0 atom stereocenters. The number of amides is 1. The van der Waals surface area contributed by atoms with Gasteiger partial charge in [-0.3, -0.25) is 4.79 Å². The van der Waals surface area contributed by atoms with Crippen LogP contribution in [0, 0.1) is 0 Å². The molecule has 0 aliphatic carbocycles. The van der Waals surface area contributed by atoms with Crippen molar-refractivity contribution in [1.29, 1.82) is 0 Å². The van der Waals surface area contributed by atoms with Gasteiger partial charge >= 0.3 is 0 Å². The third-order valence-electron chi connectivity index (χ3n) is 4.60. The maximum atomic E-state index is 12.6. The molecule has 7 nitrogen and oxygen atoms in total. The summed E-state index contributed by atoms with van der Waals surface area (Å²) in [6.45, 7) is 1.16. The summed E-state index contributed by atoms with van der Waals surface area (Å²) in [5, 5.41) is 0. The van der Waals surface area contributed by atoms with Gasteiger partial charge in [0.05, 0.1) is 12.9 Å². The van der Waals surface area contributed by atoms with Gasteiger partial charge in [0.2, 0.25) is 10.0 Å². The van der Waals surface area contributed by atoms with Crippen LogP contribution in [0.3, 0.4) is 0 Å². The zero-order chi connectivity index (χ0) is 20.0. The monoisotopic (exact) mass is 404 g/mol. The van der Waals surface area contributed by atoms with E-state index in [2.05, 4.69) is 0 Å². The Balaban J connectivity index is 1.51. The molecule has 0 unspecified atom stereocenters. The summed E-state index contributed by atoms with van der Waals surface area (Å²) in [4.78, 5) is 14.0. The van der Waals surface area contributed by atoms with E-state index in [1.165, 1.54) is 4.31 Å². The minimum absolute atomic E-state index is 0.0291. The van der Waals surface area contributed by atoms with Gasteiger partial charge in [-0.1, -0.05) is 42.5 Å². The molecule has 0 aromatic heterocycles. The Morgan fingerprint density at radius 1 is 0.929 bits per heavy atom. The van der Waals surface area contributed by atoms with E-state index in [1.807, 2.05) is 24.3 Å². The van der Waals surface area contributed by atoms with Crippen LogP contribution in [0.25, 0.3) is 0 Å². The minimum Gasteiger partial charge on any atom is -0.493 e. The van der Waals surface area contributed by atoms with Gasteiger partial charge in [0.25, 0.3) is 5.91 Å². The van der Waals surface area contributed by atoms with Crippen LogP contribution >= 0.6 is 0 Å². The number of hydrogen-bond acceptors (Lipinski definition) is 5. The maximum absolute atomic E-state index is 12.6. The lowest BCUT2D eigenvalue weighted by Gasteiger charge is -2.34. The fourth-order valence-electron chi connectivity index (χ4n) is 3.06. The second-order valence-corrected chi connectivity index (χ2v) is 8.43. The summed E-state index contributed by atoms with van der Waals surface area (Å²) < 4.78 is 37.4. The van der Waals surface area contributed by atoms with Crippen LogP contribution in [-0.2, 0) is 20.6 Å². The van der Waals surface area contributed by atoms with Crippen LogP contribution < -0.4 is 9.47 Å². The van der Waals surface area contributed by atoms with Gasteiger partial charge in [-0.15, -0.1) is 0 Å².